The van der Waals surface area contributed by atoms with Crippen LogP contribution in [0.4, 0.5) is 11.4 Å². The Morgan fingerprint density at radius 3 is 2.60 bits per heavy atom. The Bertz CT molecular complexity index is 694. The van der Waals surface area contributed by atoms with Gasteiger partial charge in [0.1, 0.15) is 0 Å². The number of rotatable bonds is 2. The maximum atomic E-state index is 11.6. The number of carbonyl (C=O) groups excluding carboxylic acids is 1. The third kappa shape index (κ3) is 2.09. The highest BCUT2D eigenvalue weighted by Crippen LogP contribution is 2.32. The summed E-state index contributed by atoms with van der Waals surface area (Å²) in [7, 11) is 0. The number of nitrogens with zero attached hydrogens (tertiary/aromatic N) is 1. The van der Waals surface area contributed by atoms with Gasteiger partial charge in [-0.25, -0.2) is 0 Å². The molecule has 102 valence electrons. The third-order valence-corrected chi connectivity index (χ3v) is 3.71. The lowest BCUT2D eigenvalue weighted by molar-refractivity contribution is 0.100. The maximum absolute atomic E-state index is 11.6. The molecule has 0 aliphatic carbocycles. The van der Waals surface area contributed by atoms with Crippen LogP contribution in [0, 0.1) is 6.92 Å². The van der Waals surface area contributed by atoms with Gasteiger partial charge in [-0.1, -0.05) is 12.1 Å². The van der Waals surface area contributed by atoms with Gasteiger partial charge in [0.15, 0.2) is 0 Å². The standard InChI is InChI=1S/C16H17N3O/c1-10-2-5-14(16(18)20)15(6-10)19-8-11-3-4-13(17)7-12(11)9-19/h2-7H,8-9,17H2,1H3,(H2,18,20). The summed E-state index contributed by atoms with van der Waals surface area (Å²) in [5.74, 6) is -0.393. The average Bonchev–Trinajstić information content (AvgIpc) is 2.81. The molecule has 4 heteroatoms. The molecule has 0 radical (unpaired) electrons. The quantitative estimate of drug-likeness (QED) is 0.819. The molecule has 0 aromatic heterocycles. The highest BCUT2D eigenvalue weighted by Gasteiger charge is 2.22. The van der Waals surface area contributed by atoms with Gasteiger partial charge in [-0.2, -0.15) is 0 Å². The van der Waals surface area contributed by atoms with Crippen LogP contribution in [0.3, 0.4) is 0 Å². The zero-order valence-electron chi connectivity index (χ0n) is 11.4. The molecule has 0 saturated heterocycles. The van der Waals surface area contributed by atoms with Crippen molar-refractivity contribution in [3.63, 3.8) is 0 Å². The molecule has 0 atom stereocenters. The fourth-order valence-corrected chi connectivity index (χ4v) is 2.70. The van der Waals surface area contributed by atoms with Gasteiger partial charge in [-0.15, -0.1) is 0 Å². The average molecular weight is 267 g/mol. The highest BCUT2D eigenvalue weighted by atomic mass is 16.1. The normalized spacial score (nSPS) is 13.3. The SMILES string of the molecule is Cc1ccc(C(N)=O)c(N2Cc3ccc(N)cc3C2)c1. The van der Waals surface area contributed by atoms with Crippen molar-refractivity contribution in [3.8, 4) is 0 Å². The van der Waals surface area contributed by atoms with Crippen molar-refractivity contribution in [1.29, 1.82) is 0 Å². The molecule has 2 aromatic rings. The van der Waals surface area contributed by atoms with E-state index in [9.17, 15) is 4.79 Å². The van der Waals surface area contributed by atoms with Crippen LogP contribution < -0.4 is 16.4 Å². The number of hydrogen-bond donors (Lipinski definition) is 2. The monoisotopic (exact) mass is 267 g/mol. The van der Waals surface area contributed by atoms with E-state index in [1.54, 1.807) is 6.07 Å². The fraction of sp³-hybridized carbons (Fsp3) is 0.188. The van der Waals surface area contributed by atoms with Gasteiger partial charge in [0, 0.05) is 18.8 Å². The molecule has 3 rings (SSSR count). The lowest BCUT2D eigenvalue weighted by atomic mass is 10.1. The Morgan fingerprint density at radius 2 is 1.85 bits per heavy atom. The lowest BCUT2D eigenvalue weighted by Gasteiger charge is -2.21. The van der Waals surface area contributed by atoms with E-state index in [1.165, 1.54) is 11.1 Å². The van der Waals surface area contributed by atoms with Crippen LogP contribution in [0.2, 0.25) is 0 Å². The molecule has 1 aliphatic heterocycles. The largest absolute Gasteiger partial charge is 0.399 e. The van der Waals surface area contributed by atoms with Crippen LogP contribution in [0.15, 0.2) is 36.4 Å². The number of fused-ring (bicyclic) bond motifs is 1. The van der Waals surface area contributed by atoms with Crippen LogP contribution in [0.25, 0.3) is 0 Å². The Hall–Kier alpha value is -2.49. The van der Waals surface area contributed by atoms with Gasteiger partial charge in [0.05, 0.1) is 11.3 Å². The Morgan fingerprint density at radius 1 is 1.10 bits per heavy atom. The van der Waals surface area contributed by atoms with Crippen molar-refractivity contribution < 1.29 is 4.79 Å². The van der Waals surface area contributed by atoms with Crippen molar-refractivity contribution >= 4 is 17.3 Å². The zero-order chi connectivity index (χ0) is 14.3. The van der Waals surface area contributed by atoms with Gasteiger partial charge in [-0.05, 0) is 47.9 Å². The third-order valence-electron chi connectivity index (χ3n) is 3.71. The molecule has 2 aromatic carbocycles. The van der Waals surface area contributed by atoms with Crippen molar-refractivity contribution in [2.75, 3.05) is 10.6 Å². The van der Waals surface area contributed by atoms with E-state index in [-0.39, 0.29) is 0 Å². The molecule has 1 aliphatic rings. The van der Waals surface area contributed by atoms with Crippen LogP contribution in [-0.2, 0) is 13.1 Å². The van der Waals surface area contributed by atoms with E-state index >= 15 is 0 Å². The van der Waals surface area contributed by atoms with Gasteiger partial charge in [0.25, 0.3) is 5.91 Å². The zero-order valence-corrected chi connectivity index (χ0v) is 11.4. The van der Waals surface area contributed by atoms with Crippen LogP contribution in [-0.4, -0.2) is 5.91 Å². The van der Waals surface area contributed by atoms with Gasteiger partial charge in [-0.3, -0.25) is 4.79 Å². The molecule has 1 heterocycles. The van der Waals surface area contributed by atoms with E-state index in [2.05, 4.69) is 4.90 Å². The maximum Gasteiger partial charge on any atom is 0.250 e. The Balaban J connectivity index is 2.00. The number of aryl methyl sites for hydroxylation is 1. The molecule has 0 bridgehead atoms. The molecule has 20 heavy (non-hydrogen) atoms. The molecule has 4 nitrogen and oxygen atoms in total. The van der Waals surface area contributed by atoms with Crippen LogP contribution >= 0.6 is 0 Å². The van der Waals surface area contributed by atoms with Gasteiger partial charge >= 0.3 is 0 Å². The first-order chi connectivity index (χ1) is 9.54. The summed E-state index contributed by atoms with van der Waals surface area (Å²) in [6.07, 6.45) is 0. The van der Waals surface area contributed by atoms with Crippen molar-refractivity contribution in [2.24, 2.45) is 5.73 Å². The Kier molecular flexibility index (Phi) is 2.86. The molecule has 4 N–H and O–H groups in total. The minimum absolute atomic E-state index is 0.393. The molecule has 1 amide bonds. The predicted octanol–water partition coefficient (Wildman–Crippen LogP) is 2.20. The van der Waals surface area contributed by atoms with Crippen molar-refractivity contribution in [1.82, 2.24) is 0 Å². The number of anilines is 2. The first-order valence-corrected chi connectivity index (χ1v) is 6.57. The second-order valence-electron chi connectivity index (χ2n) is 5.27. The number of primary amides is 1. The second-order valence-corrected chi connectivity index (χ2v) is 5.27. The highest BCUT2D eigenvalue weighted by molar-refractivity contribution is 5.98. The molecule has 0 spiro atoms. The van der Waals surface area contributed by atoms with Crippen molar-refractivity contribution in [2.45, 2.75) is 20.0 Å². The smallest absolute Gasteiger partial charge is 0.250 e. The van der Waals surface area contributed by atoms with Crippen molar-refractivity contribution in [3.05, 3.63) is 58.7 Å². The summed E-state index contributed by atoms with van der Waals surface area (Å²) >= 11 is 0. The molecular formula is C16H17N3O. The number of amides is 1. The van der Waals surface area contributed by atoms with Gasteiger partial charge in [0.2, 0.25) is 0 Å². The molecule has 0 fully saturated rings. The summed E-state index contributed by atoms with van der Waals surface area (Å²) in [6.45, 7) is 3.54. The lowest BCUT2D eigenvalue weighted by Crippen LogP contribution is -2.21. The fourth-order valence-electron chi connectivity index (χ4n) is 2.70. The van der Waals surface area contributed by atoms with E-state index in [0.717, 1.165) is 30.0 Å². The Labute approximate surface area is 118 Å². The second kappa shape index (κ2) is 4.56. The summed E-state index contributed by atoms with van der Waals surface area (Å²) in [5.41, 5.74) is 17.1. The number of nitrogen functional groups attached to an aromatic ring is 1. The number of nitrogens with two attached hydrogens (primary N) is 2. The number of carbonyl (C=O) groups is 1. The van der Waals surface area contributed by atoms with Crippen LogP contribution in [0.1, 0.15) is 27.0 Å². The van der Waals surface area contributed by atoms with Crippen LogP contribution in [0.5, 0.6) is 0 Å². The topological polar surface area (TPSA) is 72.4 Å². The van der Waals surface area contributed by atoms with E-state index in [1.807, 2.05) is 37.3 Å². The number of benzene rings is 2. The molecule has 0 saturated carbocycles. The summed E-state index contributed by atoms with van der Waals surface area (Å²) in [6, 6.07) is 11.7. The number of hydrogen-bond acceptors (Lipinski definition) is 3. The summed E-state index contributed by atoms with van der Waals surface area (Å²) < 4.78 is 0. The minimum Gasteiger partial charge on any atom is -0.399 e. The minimum atomic E-state index is -0.393. The van der Waals surface area contributed by atoms with E-state index in [0.29, 0.717) is 5.56 Å². The van der Waals surface area contributed by atoms with Gasteiger partial charge < -0.3 is 16.4 Å². The first-order valence-electron chi connectivity index (χ1n) is 6.57. The summed E-state index contributed by atoms with van der Waals surface area (Å²) in [4.78, 5) is 13.8. The molecular weight excluding hydrogens is 250 g/mol. The van der Waals surface area contributed by atoms with E-state index in [4.69, 9.17) is 11.5 Å². The molecule has 0 unspecified atom stereocenters. The predicted molar refractivity (Wildman–Crippen MR) is 80.4 cm³/mol. The first kappa shape index (κ1) is 12.5. The van der Waals surface area contributed by atoms with E-state index < -0.39 is 5.91 Å². The summed E-state index contributed by atoms with van der Waals surface area (Å²) in [5, 5.41) is 0.